The maximum Gasteiger partial charge on any atom is 0.391 e. The van der Waals surface area contributed by atoms with Gasteiger partial charge >= 0.3 is 18.1 Å². The molecule has 2 aromatic rings. The molecule has 11 heteroatoms. The number of rotatable bonds is 7. The Kier molecular flexibility index (Phi) is 8.70. The third-order valence-corrected chi connectivity index (χ3v) is 8.40. The minimum Gasteiger partial charge on any atom is -0.478 e. The predicted octanol–water partition coefficient (Wildman–Crippen LogP) is 5.79. The van der Waals surface area contributed by atoms with Gasteiger partial charge in [0.05, 0.1) is 17.0 Å². The lowest BCUT2D eigenvalue weighted by atomic mass is 9.84. The van der Waals surface area contributed by atoms with Crippen LogP contribution >= 0.6 is 0 Å². The van der Waals surface area contributed by atoms with Crippen LogP contribution in [-0.2, 0) is 0 Å². The zero-order valence-corrected chi connectivity index (χ0v) is 22.1. The summed E-state index contributed by atoms with van der Waals surface area (Å²) in [6.07, 6.45) is 0.110. The lowest BCUT2D eigenvalue weighted by molar-refractivity contribution is -0.182. The summed E-state index contributed by atoms with van der Waals surface area (Å²) in [5.41, 5.74) is -0.909. The molecule has 0 spiro atoms. The predicted molar refractivity (Wildman–Crippen MR) is 141 cm³/mol. The van der Waals surface area contributed by atoms with Crippen molar-refractivity contribution < 1.29 is 42.6 Å². The number of benzene rings is 2. The first kappa shape index (κ1) is 29.4. The van der Waals surface area contributed by atoms with E-state index in [0.29, 0.717) is 5.92 Å². The van der Waals surface area contributed by atoms with Crippen molar-refractivity contribution in [1.29, 1.82) is 0 Å². The molecule has 4 N–H and O–H groups in total. The number of hydrogen-bond donors (Lipinski definition) is 4. The molecular formula is C29H33F3N2O6. The average molecular weight is 563 g/mol. The SMILES string of the molecule is CCC1CCC(NC(=O)c2ccc(C(=O)O)c3c(C(=O)NC4CCC(C(F)(F)F)CC4)ccc(C(=O)O)c23)CC1. The Hall–Kier alpha value is -3.63. The molecule has 2 aliphatic carbocycles. The van der Waals surface area contributed by atoms with Crippen molar-refractivity contribution >= 4 is 34.5 Å². The van der Waals surface area contributed by atoms with Crippen LogP contribution in [0.1, 0.15) is 106 Å². The number of fused-ring (bicyclic) bond motifs is 1. The molecule has 0 heterocycles. The number of amides is 2. The second-order valence-corrected chi connectivity index (χ2v) is 10.8. The first-order valence-corrected chi connectivity index (χ1v) is 13.6. The molecule has 2 aliphatic rings. The van der Waals surface area contributed by atoms with Crippen molar-refractivity contribution in [2.45, 2.75) is 83.0 Å². The fraction of sp³-hybridized carbons (Fsp3) is 0.517. The first-order chi connectivity index (χ1) is 18.9. The number of carbonyl (C=O) groups is 4. The Morgan fingerprint density at radius 2 is 1.07 bits per heavy atom. The van der Waals surface area contributed by atoms with Gasteiger partial charge < -0.3 is 20.8 Å². The summed E-state index contributed by atoms with van der Waals surface area (Å²) in [6.45, 7) is 2.12. The van der Waals surface area contributed by atoms with E-state index in [-0.39, 0.29) is 64.8 Å². The quantitative estimate of drug-likeness (QED) is 0.338. The Balaban J connectivity index is 1.69. The van der Waals surface area contributed by atoms with E-state index >= 15 is 0 Å². The van der Waals surface area contributed by atoms with Crippen LogP contribution in [0.3, 0.4) is 0 Å². The fourth-order valence-corrected chi connectivity index (χ4v) is 6.04. The minimum atomic E-state index is -4.31. The Labute approximate surface area is 229 Å². The largest absolute Gasteiger partial charge is 0.478 e. The van der Waals surface area contributed by atoms with E-state index in [2.05, 4.69) is 17.6 Å². The molecule has 40 heavy (non-hydrogen) atoms. The van der Waals surface area contributed by atoms with Crippen LogP contribution in [-0.4, -0.2) is 52.2 Å². The van der Waals surface area contributed by atoms with Gasteiger partial charge in [0.25, 0.3) is 11.8 Å². The van der Waals surface area contributed by atoms with Crippen LogP contribution < -0.4 is 10.6 Å². The van der Waals surface area contributed by atoms with E-state index in [0.717, 1.165) is 38.2 Å². The summed E-state index contributed by atoms with van der Waals surface area (Å²) in [6, 6.07) is 4.09. The van der Waals surface area contributed by atoms with Crippen LogP contribution in [0.4, 0.5) is 13.2 Å². The highest BCUT2D eigenvalue weighted by Gasteiger charge is 2.41. The van der Waals surface area contributed by atoms with E-state index in [1.807, 2.05) is 0 Å². The van der Waals surface area contributed by atoms with Crippen molar-refractivity contribution in [1.82, 2.24) is 10.6 Å². The molecule has 0 atom stereocenters. The highest BCUT2D eigenvalue weighted by Crippen LogP contribution is 2.38. The van der Waals surface area contributed by atoms with Crippen molar-refractivity contribution in [3.63, 3.8) is 0 Å². The second kappa shape index (κ2) is 11.9. The molecule has 2 amide bonds. The van der Waals surface area contributed by atoms with E-state index in [4.69, 9.17) is 0 Å². The molecule has 0 saturated heterocycles. The third kappa shape index (κ3) is 6.23. The van der Waals surface area contributed by atoms with Gasteiger partial charge in [0.15, 0.2) is 0 Å². The number of aromatic carboxylic acids is 2. The fourth-order valence-electron chi connectivity index (χ4n) is 6.04. The van der Waals surface area contributed by atoms with Crippen LogP contribution in [0.2, 0.25) is 0 Å². The maximum absolute atomic E-state index is 13.4. The molecule has 4 rings (SSSR count). The summed E-state index contributed by atoms with van der Waals surface area (Å²) < 4.78 is 39.2. The highest BCUT2D eigenvalue weighted by atomic mass is 19.4. The number of hydrogen-bond acceptors (Lipinski definition) is 4. The smallest absolute Gasteiger partial charge is 0.391 e. The maximum atomic E-state index is 13.4. The summed E-state index contributed by atoms with van der Waals surface area (Å²) in [7, 11) is 0. The third-order valence-electron chi connectivity index (χ3n) is 8.40. The van der Waals surface area contributed by atoms with Crippen molar-refractivity contribution in [2.75, 3.05) is 0 Å². The van der Waals surface area contributed by atoms with E-state index < -0.39 is 41.9 Å². The number of carboxylic acid groups (broad SMARTS) is 2. The second-order valence-electron chi connectivity index (χ2n) is 10.8. The molecular weight excluding hydrogens is 529 g/mol. The molecule has 2 fully saturated rings. The van der Waals surface area contributed by atoms with Gasteiger partial charge in [-0.15, -0.1) is 0 Å². The molecule has 0 aromatic heterocycles. The number of carboxylic acids is 2. The van der Waals surface area contributed by atoms with Crippen LogP contribution in [0.25, 0.3) is 10.8 Å². The number of halogens is 3. The monoisotopic (exact) mass is 562 g/mol. The highest BCUT2D eigenvalue weighted by molar-refractivity contribution is 6.23. The van der Waals surface area contributed by atoms with Crippen molar-refractivity contribution in [2.24, 2.45) is 11.8 Å². The van der Waals surface area contributed by atoms with Gasteiger partial charge in [-0.1, -0.05) is 13.3 Å². The molecule has 0 unspecified atom stereocenters. The average Bonchev–Trinajstić information content (AvgIpc) is 2.91. The molecule has 0 bridgehead atoms. The topological polar surface area (TPSA) is 133 Å². The van der Waals surface area contributed by atoms with Gasteiger partial charge in [0.1, 0.15) is 0 Å². The summed E-state index contributed by atoms with van der Waals surface area (Å²) in [5.74, 6) is -4.97. The Bertz CT molecular complexity index is 1310. The molecule has 0 radical (unpaired) electrons. The van der Waals surface area contributed by atoms with Gasteiger partial charge in [-0.25, -0.2) is 9.59 Å². The lowest BCUT2D eigenvalue weighted by Crippen LogP contribution is -2.40. The zero-order valence-electron chi connectivity index (χ0n) is 22.1. The lowest BCUT2D eigenvalue weighted by Gasteiger charge is -2.30. The standard InChI is InChI=1S/C29H33F3N2O6/c1-2-15-3-7-17(8-4-15)33-25(35)19-11-13-22(28(39)40)24-20(12-14-21(23(19)24)27(37)38)26(36)34-18-9-5-16(6-10-18)29(30,31)32/h11-18H,2-10H2,1H3,(H,33,35)(H,34,36)(H,37,38)(H,39,40). The number of carbonyl (C=O) groups excluding carboxylic acids is 2. The number of alkyl halides is 3. The Morgan fingerprint density at radius 3 is 1.43 bits per heavy atom. The zero-order chi connectivity index (χ0) is 29.2. The number of nitrogens with one attached hydrogen (secondary N) is 2. The summed E-state index contributed by atoms with van der Waals surface area (Å²) >= 11 is 0. The normalized spacial score (nSPS) is 23.4. The van der Waals surface area contributed by atoms with Gasteiger partial charge in [-0.3, -0.25) is 9.59 Å². The molecule has 0 aliphatic heterocycles. The van der Waals surface area contributed by atoms with Crippen molar-refractivity contribution in [3.8, 4) is 0 Å². The van der Waals surface area contributed by atoms with E-state index in [1.165, 1.54) is 18.2 Å². The van der Waals surface area contributed by atoms with Crippen LogP contribution in [0.15, 0.2) is 24.3 Å². The summed E-state index contributed by atoms with van der Waals surface area (Å²) in [5, 5.41) is 25.1. The Morgan fingerprint density at radius 1 is 0.700 bits per heavy atom. The molecule has 2 saturated carbocycles. The van der Waals surface area contributed by atoms with Crippen molar-refractivity contribution in [3.05, 3.63) is 46.5 Å². The van der Waals surface area contributed by atoms with Crippen LogP contribution in [0, 0.1) is 11.8 Å². The molecule has 2 aromatic carbocycles. The summed E-state index contributed by atoms with van der Waals surface area (Å²) in [4.78, 5) is 51.1. The molecule has 216 valence electrons. The van der Waals surface area contributed by atoms with Gasteiger partial charge in [-0.2, -0.15) is 13.2 Å². The van der Waals surface area contributed by atoms with Gasteiger partial charge in [-0.05, 0) is 81.5 Å². The minimum absolute atomic E-state index is 0.0599. The van der Waals surface area contributed by atoms with Gasteiger partial charge in [0.2, 0.25) is 0 Å². The molecule has 8 nitrogen and oxygen atoms in total. The van der Waals surface area contributed by atoms with Crippen LogP contribution in [0.5, 0.6) is 0 Å². The van der Waals surface area contributed by atoms with Gasteiger partial charge in [0, 0.05) is 34.0 Å². The van der Waals surface area contributed by atoms with E-state index in [1.54, 1.807) is 0 Å². The van der Waals surface area contributed by atoms with E-state index in [9.17, 15) is 42.6 Å². The first-order valence-electron chi connectivity index (χ1n) is 13.6.